The maximum atomic E-state index is 10.6. The van der Waals surface area contributed by atoms with Gasteiger partial charge in [0.25, 0.3) is 0 Å². The molecular formula is C22H24N2O2S2. The summed E-state index contributed by atoms with van der Waals surface area (Å²) in [6.45, 7) is 12.5. The molecule has 0 aliphatic carbocycles. The monoisotopic (exact) mass is 412 g/mol. The smallest absolute Gasteiger partial charge is 0.128 e. The van der Waals surface area contributed by atoms with Crippen LogP contribution in [0.4, 0.5) is 0 Å². The summed E-state index contributed by atoms with van der Waals surface area (Å²) in [5.41, 5.74) is 2.85. The molecule has 2 aromatic carbocycles. The Labute approximate surface area is 172 Å². The second-order valence-electron chi connectivity index (χ2n) is 9.21. The lowest BCUT2D eigenvalue weighted by Crippen LogP contribution is -2.11. The Bertz CT molecular complexity index is 1160. The largest absolute Gasteiger partial charge is 0.508 e. The molecule has 0 aliphatic rings. The zero-order chi connectivity index (χ0) is 20.4. The number of hydrogen-bond donors (Lipinski definition) is 2. The van der Waals surface area contributed by atoms with E-state index in [1.807, 2.05) is 26.8 Å². The molecule has 4 nitrogen and oxygen atoms in total. The molecule has 0 amide bonds. The first-order valence-corrected chi connectivity index (χ1v) is 10.9. The highest BCUT2D eigenvalue weighted by Gasteiger charge is 2.23. The topological polar surface area (TPSA) is 66.2 Å². The number of phenolic OH excluding ortho intramolecular Hbond substituents is 2. The number of thiazole rings is 2. The quantitative estimate of drug-likeness (QED) is 0.347. The van der Waals surface area contributed by atoms with Crippen LogP contribution in [0.3, 0.4) is 0 Å². The Hall–Kier alpha value is -2.18. The van der Waals surface area contributed by atoms with Crippen LogP contribution in [0.1, 0.15) is 52.1 Å². The van der Waals surface area contributed by atoms with E-state index in [2.05, 4.69) is 26.8 Å². The molecule has 0 unspecified atom stereocenters. The van der Waals surface area contributed by atoms with Gasteiger partial charge in [-0.15, -0.1) is 22.7 Å². The fourth-order valence-electron chi connectivity index (χ4n) is 3.13. The van der Waals surface area contributed by atoms with E-state index in [0.717, 1.165) is 25.4 Å². The molecule has 0 spiro atoms. The van der Waals surface area contributed by atoms with Crippen LogP contribution in [0, 0.1) is 0 Å². The summed E-state index contributed by atoms with van der Waals surface area (Å²) in [5, 5.41) is 22.9. The zero-order valence-electron chi connectivity index (χ0n) is 16.9. The Morgan fingerprint density at radius 1 is 0.714 bits per heavy atom. The van der Waals surface area contributed by atoms with Gasteiger partial charge < -0.3 is 10.2 Å². The van der Waals surface area contributed by atoms with Gasteiger partial charge in [0.15, 0.2) is 0 Å². The highest BCUT2D eigenvalue weighted by Crippen LogP contribution is 2.43. The second-order valence-corrected chi connectivity index (χ2v) is 11.3. The lowest BCUT2D eigenvalue weighted by molar-refractivity contribution is 0.436. The van der Waals surface area contributed by atoms with Gasteiger partial charge in [-0.2, -0.15) is 0 Å². The minimum Gasteiger partial charge on any atom is -0.508 e. The molecule has 4 rings (SSSR count). The van der Waals surface area contributed by atoms with Crippen molar-refractivity contribution in [1.29, 1.82) is 0 Å². The molecule has 28 heavy (non-hydrogen) atoms. The lowest BCUT2D eigenvalue weighted by Gasteiger charge is -2.21. The van der Waals surface area contributed by atoms with Gasteiger partial charge in [0.2, 0.25) is 0 Å². The first-order chi connectivity index (χ1) is 12.9. The summed E-state index contributed by atoms with van der Waals surface area (Å²) in [4.78, 5) is 9.49. The van der Waals surface area contributed by atoms with Crippen LogP contribution in [0.2, 0.25) is 0 Å². The normalized spacial score (nSPS) is 12.9. The fourth-order valence-corrected chi connectivity index (χ4v) is 5.27. The first-order valence-electron chi connectivity index (χ1n) is 9.22. The van der Waals surface area contributed by atoms with Crippen molar-refractivity contribution in [2.75, 3.05) is 0 Å². The summed E-state index contributed by atoms with van der Waals surface area (Å²) in [6.07, 6.45) is 0. The highest BCUT2D eigenvalue weighted by atomic mass is 32.1. The van der Waals surface area contributed by atoms with Crippen LogP contribution in [0.5, 0.6) is 11.5 Å². The average molecular weight is 413 g/mol. The number of fused-ring (bicyclic) bond motifs is 2. The minimum absolute atomic E-state index is 0.0216. The van der Waals surface area contributed by atoms with Crippen molar-refractivity contribution in [2.45, 2.75) is 52.4 Å². The molecule has 146 valence electrons. The van der Waals surface area contributed by atoms with Crippen molar-refractivity contribution in [2.24, 2.45) is 0 Å². The number of nitrogens with zero attached hydrogens (tertiary/aromatic N) is 2. The van der Waals surface area contributed by atoms with E-state index in [0.29, 0.717) is 16.1 Å². The maximum Gasteiger partial charge on any atom is 0.128 e. The Morgan fingerprint density at radius 2 is 1.36 bits per heavy atom. The average Bonchev–Trinajstić information content (AvgIpc) is 3.15. The molecule has 4 aromatic rings. The third-order valence-electron chi connectivity index (χ3n) is 4.69. The Kier molecular flexibility index (Phi) is 4.21. The van der Waals surface area contributed by atoms with Gasteiger partial charge >= 0.3 is 0 Å². The molecule has 0 atom stereocenters. The molecule has 0 saturated heterocycles. The molecule has 2 heterocycles. The SMILES string of the molecule is CC(C)(C)c1nc2cc3nc(-c4cc(O)c(C(C)(C)C)cc4O)sc3cc2s1. The number of benzene rings is 2. The van der Waals surface area contributed by atoms with E-state index < -0.39 is 0 Å². The summed E-state index contributed by atoms with van der Waals surface area (Å²) in [7, 11) is 0. The van der Waals surface area contributed by atoms with Crippen LogP contribution < -0.4 is 0 Å². The van der Waals surface area contributed by atoms with E-state index in [1.165, 1.54) is 11.3 Å². The van der Waals surface area contributed by atoms with Crippen molar-refractivity contribution < 1.29 is 10.2 Å². The van der Waals surface area contributed by atoms with E-state index >= 15 is 0 Å². The lowest BCUT2D eigenvalue weighted by atomic mass is 9.85. The van der Waals surface area contributed by atoms with Crippen LogP contribution in [-0.2, 0) is 10.8 Å². The number of aromatic hydroxyl groups is 2. The van der Waals surface area contributed by atoms with Crippen molar-refractivity contribution in [1.82, 2.24) is 9.97 Å². The molecule has 6 heteroatoms. The maximum absolute atomic E-state index is 10.6. The number of phenols is 2. The minimum atomic E-state index is -0.255. The van der Waals surface area contributed by atoms with Crippen molar-refractivity contribution in [3.8, 4) is 22.1 Å². The number of rotatable bonds is 1. The molecule has 2 aromatic heterocycles. The van der Waals surface area contributed by atoms with Gasteiger partial charge in [0, 0.05) is 11.0 Å². The van der Waals surface area contributed by atoms with E-state index in [4.69, 9.17) is 9.97 Å². The third kappa shape index (κ3) is 3.25. The molecule has 2 N–H and O–H groups in total. The summed E-state index contributed by atoms with van der Waals surface area (Å²) in [6, 6.07) is 7.40. The van der Waals surface area contributed by atoms with Crippen LogP contribution >= 0.6 is 22.7 Å². The van der Waals surface area contributed by atoms with Gasteiger partial charge in [-0.25, -0.2) is 9.97 Å². The molecule has 0 radical (unpaired) electrons. The molecule has 0 saturated carbocycles. The van der Waals surface area contributed by atoms with Gasteiger partial charge in [-0.1, -0.05) is 41.5 Å². The predicted molar refractivity (Wildman–Crippen MR) is 119 cm³/mol. The molecule has 0 bridgehead atoms. The van der Waals surface area contributed by atoms with Crippen molar-refractivity contribution >= 4 is 43.1 Å². The third-order valence-corrected chi connectivity index (χ3v) is 7.19. The summed E-state index contributed by atoms with van der Waals surface area (Å²) in [5.74, 6) is 0.314. The standard InChI is InChI=1S/C22H24N2O2S2/c1-21(2,3)12-8-15(25)11(7-16(12)26)19-23-13-9-14-18(10-17(13)27-19)28-20(24-14)22(4,5)6/h7-10,25-26H,1-6H3. The van der Waals surface area contributed by atoms with Crippen molar-refractivity contribution in [3.63, 3.8) is 0 Å². The first kappa shape index (κ1) is 19.2. The molecule has 0 fully saturated rings. The van der Waals surface area contributed by atoms with Gasteiger partial charge in [-0.3, -0.25) is 0 Å². The Balaban J connectivity index is 1.83. The van der Waals surface area contributed by atoms with Crippen LogP contribution in [-0.4, -0.2) is 20.2 Å². The molecular weight excluding hydrogens is 388 g/mol. The van der Waals surface area contributed by atoms with Crippen LogP contribution in [0.15, 0.2) is 24.3 Å². The van der Waals surface area contributed by atoms with Crippen LogP contribution in [0.25, 0.3) is 31.0 Å². The van der Waals surface area contributed by atoms with Gasteiger partial charge in [0.1, 0.15) is 16.5 Å². The van der Waals surface area contributed by atoms with E-state index in [1.54, 1.807) is 23.5 Å². The fraction of sp³-hybridized carbons (Fsp3) is 0.364. The van der Waals surface area contributed by atoms with E-state index in [-0.39, 0.29) is 22.3 Å². The van der Waals surface area contributed by atoms with Gasteiger partial charge in [0.05, 0.1) is 31.0 Å². The number of aromatic nitrogens is 2. The van der Waals surface area contributed by atoms with E-state index in [9.17, 15) is 10.2 Å². The summed E-state index contributed by atoms with van der Waals surface area (Å²) >= 11 is 3.23. The van der Waals surface area contributed by atoms with Crippen molar-refractivity contribution in [3.05, 3.63) is 34.8 Å². The Morgan fingerprint density at radius 3 is 2.00 bits per heavy atom. The van der Waals surface area contributed by atoms with Gasteiger partial charge in [-0.05, 0) is 29.7 Å². The predicted octanol–water partition coefficient (Wildman–Crippen LogP) is 6.58. The molecule has 0 aliphatic heterocycles. The summed E-state index contributed by atoms with van der Waals surface area (Å²) < 4.78 is 2.19. The highest BCUT2D eigenvalue weighted by molar-refractivity contribution is 7.22. The number of hydrogen-bond acceptors (Lipinski definition) is 6. The zero-order valence-corrected chi connectivity index (χ0v) is 18.5. The second kappa shape index (κ2) is 6.16.